The SMILES string of the molecule is CC(=O)NCCOCCOCCC(=O)NCCOCCOCCC(=O)O. The van der Waals surface area contributed by atoms with Crippen molar-refractivity contribution in [3.63, 3.8) is 0 Å². The van der Waals surface area contributed by atoms with Crippen LogP contribution in [0.5, 0.6) is 0 Å². The van der Waals surface area contributed by atoms with Crippen LogP contribution in [0, 0.1) is 0 Å². The Morgan fingerprint density at radius 1 is 0.692 bits per heavy atom. The third-order valence-electron chi connectivity index (χ3n) is 2.87. The molecule has 0 aliphatic heterocycles. The standard InChI is InChI=1S/C16H30N2O8/c1-14(19)17-4-8-25-12-10-23-6-2-15(20)18-5-9-26-13-11-24-7-3-16(21)22/h2-13H2,1H3,(H,17,19)(H,18,20)(H,21,22). The normalized spacial score (nSPS) is 10.5. The molecule has 0 rings (SSSR count). The summed E-state index contributed by atoms with van der Waals surface area (Å²) in [4.78, 5) is 32.4. The molecule has 0 aliphatic carbocycles. The van der Waals surface area contributed by atoms with Gasteiger partial charge in [0, 0.05) is 26.4 Å². The molecule has 0 aromatic carbocycles. The van der Waals surface area contributed by atoms with E-state index in [0.717, 1.165) is 0 Å². The highest BCUT2D eigenvalue weighted by atomic mass is 16.5. The van der Waals surface area contributed by atoms with E-state index >= 15 is 0 Å². The topological polar surface area (TPSA) is 132 Å². The number of rotatable bonds is 18. The number of carboxylic acids is 1. The molecule has 0 unspecified atom stereocenters. The predicted molar refractivity (Wildman–Crippen MR) is 91.8 cm³/mol. The van der Waals surface area contributed by atoms with E-state index in [1.54, 1.807) is 0 Å². The third-order valence-corrected chi connectivity index (χ3v) is 2.87. The summed E-state index contributed by atoms with van der Waals surface area (Å²) in [6, 6.07) is 0. The quantitative estimate of drug-likeness (QED) is 0.263. The Labute approximate surface area is 153 Å². The molecule has 0 atom stereocenters. The molecule has 26 heavy (non-hydrogen) atoms. The van der Waals surface area contributed by atoms with Gasteiger partial charge in [-0.2, -0.15) is 0 Å². The van der Waals surface area contributed by atoms with Crippen molar-refractivity contribution in [2.45, 2.75) is 19.8 Å². The molecule has 0 saturated heterocycles. The second-order valence-corrected chi connectivity index (χ2v) is 5.18. The summed E-state index contributed by atoms with van der Waals surface area (Å²) in [5.41, 5.74) is 0. The first-order chi connectivity index (χ1) is 12.5. The van der Waals surface area contributed by atoms with E-state index in [1.165, 1.54) is 6.92 Å². The van der Waals surface area contributed by atoms with Gasteiger partial charge in [-0.05, 0) is 0 Å². The van der Waals surface area contributed by atoms with Gasteiger partial charge < -0.3 is 34.7 Å². The largest absolute Gasteiger partial charge is 0.481 e. The van der Waals surface area contributed by atoms with Crippen LogP contribution in [0.15, 0.2) is 0 Å². The van der Waals surface area contributed by atoms with Crippen LogP contribution in [-0.2, 0) is 33.3 Å². The van der Waals surface area contributed by atoms with Gasteiger partial charge in [-0.1, -0.05) is 0 Å². The van der Waals surface area contributed by atoms with Gasteiger partial charge in [0.1, 0.15) is 0 Å². The predicted octanol–water partition coefficient (Wildman–Crippen LogP) is -0.830. The first-order valence-corrected chi connectivity index (χ1v) is 8.56. The number of carbonyl (C=O) groups excluding carboxylic acids is 2. The van der Waals surface area contributed by atoms with E-state index in [9.17, 15) is 14.4 Å². The van der Waals surface area contributed by atoms with Crippen molar-refractivity contribution in [2.75, 3.05) is 65.9 Å². The van der Waals surface area contributed by atoms with E-state index in [2.05, 4.69) is 10.6 Å². The second kappa shape index (κ2) is 18.1. The van der Waals surface area contributed by atoms with Gasteiger partial charge in [0.2, 0.25) is 11.8 Å². The molecule has 0 aromatic rings. The number of carbonyl (C=O) groups is 3. The summed E-state index contributed by atoms with van der Waals surface area (Å²) < 4.78 is 20.8. The Kier molecular flexibility index (Phi) is 16.8. The number of hydrogen-bond donors (Lipinski definition) is 3. The van der Waals surface area contributed by atoms with Crippen LogP contribution in [0.1, 0.15) is 19.8 Å². The highest BCUT2D eigenvalue weighted by molar-refractivity contribution is 5.75. The average Bonchev–Trinajstić information content (AvgIpc) is 2.58. The monoisotopic (exact) mass is 378 g/mol. The highest BCUT2D eigenvalue weighted by Crippen LogP contribution is 1.86. The lowest BCUT2D eigenvalue weighted by Gasteiger charge is -2.08. The molecule has 10 nitrogen and oxygen atoms in total. The smallest absolute Gasteiger partial charge is 0.305 e. The fraction of sp³-hybridized carbons (Fsp3) is 0.812. The molecule has 0 spiro atoms. The average molecular weight is 378 g/mol. The zero-order valence-electron chi connectivity index (χ0n) is 15.3. The van der Waals surface area contributed by atoms with Gasteiger partial charge in [-0.25, -0.2) is 0 Å². The summed E-state index contributed by atoms with van der Waals surface area (Å²) in [6.07, 6.45) is 0.228. The Hall–Kier alpha value is -1.75. The molecule has 3 N–H and O–H groups in total. The number of carboxylic acid groups (broad SMARTS) is 1. The fourth-order valence-corrected chi connectivity index (χ4v) is 1.62. The van der Waals surface area contributed by atoms with Crippen LogP contribution in [0.4, 0.5) is 0 Å². The van der Waals surface area contributed by atoms with Crippen molar-refractivity contribution < 1.29 is 38.4 Å². The zero-order valence-corrected chi connectivity index (χ0v) is 15.3. The molecule has 0 fully saturated rings. The van der Waals surface area contributed by atoms with Crippen LogP contribution in [-0.4, -0.2) is 88.8 Å². The molecule has 0 aromatic heterocycles. The molecule has 152 valence electrons. The summed E-state index contributed by atoms with van der Waals surface area (Å²) in [7, 11) is 0. The number of amides is 2. The number of nitrogens with one attached hydrogen (secondary N) is 2. The van der Waals surface area contributed by atoms with E-state index in [-0.39, 0.29) is 31.3 Å². The molecular weight excluding hydrogens is 348 g/mol. The van der Waals surface area contributed by atoms with Crippen molar-refractivity contribution in [3.05, 3.63) is 0 Å². The van der Waals surface area contributed by atoms with Gasteiger partial charge >= 0.3 is 5.97 Å². The fourth-order valence-electron chi connectivity index (χ4n) is 1.62. The van der Waals surface area contributed by atoms with Crippen molar-refractivity contribution >= 4 is 17.8 Å². The van der Waals surface area contributed by atoms with Crippen molar-refractivity contribution in [3.8, 4) is 0 Å². The highest BCUT2D eigenvalue weighted by Gasteiger charge is 2.01. The Morgan fingerprint density at radius 3 is 1.65 bits per heavy atom. The van der Waals surface area contributed by atoms with Crippen LogP contribution in [0.25, 0.3) is 0 Å². The maximum atomic E-state index is 11.5. The molecule has 0 aliphatic rings. The van der Waals surface area contributed by atoms with E-state index in [0.29, 0.717) is 59.3 Å². The molecule has 10 heteroatoms. The summed E-state index contributed by atoms with van der Waals surface area (Å²) in [6.45, 7) is 5.01. The van der Waals surface area contributed by atoms with Gasteiger partial charge in [0.15, 0.2) is 0 Å². The lowest BCUT2D eigenvalue weighted by Crippen LogP contribution is -2.28. The minimum atomic E-state index is -0.896. The molecule has 2 amide bonds. The van der Waals surface area contributed by atoms with E-state index < -0.39 is 5.97 Å². The van der Waals surface area contributed by atoms with Crippen molar-refractivity contribution in [1.29, 1.82) is 0 Å². The third kappa shape index (κ3) is 20.3. The van der Waals surface area contributed by atoms with Crippen LogP contribution in [0.3, 0.4) is 0 Å². The summed E-state index contributed by atoms with van der Waals surface area (Å²) in [5.74, 6) is -1.12. The van der Waals surface area contributed by atoms with Crippen molar-refractivity contribution in [2.24, 2.45) is 0 Å². The van der Waals surface area contributed by atoms with Crippen LogP contribution < -0.4 is 10.6 Å². The first kappa shape index (κ1) is 24.2. The number of hydrogen-bond acceptors (Lipinski definition) is 7. The van der Waals surface area contributed by atoms with Gasteiger partial charge in [-0.3, -0.25) is 14.4 Å². The van der Waals surface area contributed by atoms with Gasteiger partial charge in [0.25, 0.3) is 0 Å². The number of aliphatic carboxylic acids is 1. The Balaban J connectivity index is 3.20. The number of ether oxygens (including phenoxy) is 4. The maximum absolute atomic E-state index is 11.5. The molecule has 0 radical (unpaired) electrons. The van der Waals surface area contributed by atoms with Crippen molar-refractivity contribution in [1.82, 2.24) is 10.6 Å². The van der Waals surface area contributed by atoms with Gasteiger partial charge in [-0.15, -0.1) is 0 Å². The molecule has 0 bridgehead atoms. The Morgan fingerprint density at radius 2 is 1.15 bits per heavy atom. The molecule has 0 saturated carbocycles. The van der Waals surface area contributed by atoms with Crippen LogP contribution in [0.2, 0.25) is 0 Å². The lowest BCUT2D eigenvalue weighted by atomic mass is 10.4. The van der Waals surface area contributed by atoms with Crippen LogP contribution >= 0.6 is 0 Å². The maximum Gasteiger partial charge on any atom is 0.305 e. The van der Waals surface area contributed by atoms with Gasteiger partial charge in [0.05, 0.1) is 59.3 Å². The minimum Gasteiger partial charge on any atom is -0.481 e. The van der Waals surface area contributed by atoms with E-state index in [4.69, 9.17) is 24.1 Å². The van der Waals surface area contributed by atoms with E-state index in [1.807, 2.05) is 0 Å². The minimum absolute atomic E-state index is 0.0265. The Bertz CT molecular complexity index is 358. The second-order valence-electron chi connectivity index (χ2n) is 5.18. The first-order valence-electron chi connectivity index (χ1n) is 8.56. The molecular formula is C16H30N2O8. The lowest BCUT2D eigenvalue weighted by molar-refractivity contribution is -0.138. The zero-order chi connectivity index (χ0) is 19.5. The summed E-state index contributed by atoms with van der Waals surface area (Å²) >= 11 is 0. The molecule has 0 heterocycles. The summed E-state index contributed by atoms with van der Waals surface area (Å²) in [5, 5.41) is 13.7.